The van der Waals surface area contributed by atoms with E-state index in [9.17, 15) is 9.18 Å². The Morgan fingerprint density at radius 3 is 2.52 bits per heavy atom. The molecule has 0 aliphatic heterocycles. The smallest absolute Gasteiger partial charge is 0.257 e. The van der Waals surface area contributed by atoms with Crippen molar-refractivity contribution in [2.24, 2.45) is 0 Å². The van der Waals surface area contributed by atoms with Gasteiger partial charge in [-0.3, -0.25) is 4.79 Å². The molecule has 1 aromatic heterocycles. The molecule has 140 valence electrons. The van der Waals surface area contributed by atoms with E-state index in [2.05, 4.69) is 10.1 Å². The molecule has 0 atom stereocenters. The van der Waals surface area contributed by atoms with E-state index in [1.807, 2.05) is 26.0 Å². The van der Waals surface area contributed by atoms with Gasteiger partial charge in [-0.05, 0) is 50.2 Å². The van der Waals surface area contributed by atoms with E-state index in [1.165, 1.54) is 17.0 Å². The van der Waals surface area contributed by atoms with Crippen LogP contribution in [0.15, 0.2) is 53.1 Å². The Labute approximate surface area is 156 Å². The molecule has 27 heavy (non-hydrogen) atoms. The zero-order valence-electron chi connectivity index (χ0n) is 15.3. The van der Waals surface area contributed by atoms with Crippen LogP contribution in [-0.2, 0) is 6.54 Å². The number of amides is 1. The number of nitrogens with zero attached hydrogens (tertiary/aromatic N) is 3. The van der Waals surface area contributed by atoms with Crippen molar-refractivity contribution in [2.45, 2.75) is 26.4 Å². The highest BCUT2D eigenvalue weighted by molar-refractivity contribution is 5.94. The summed E-state index contributed by atoms with van der Waals surface area (Å²) in [4.78, 5) is 18.6. The first kappa shape index (κ1) is 18.6. The molecular formula is C20H20FN3O3. The van der Waals surface area contributed by atoms with Crippen molar-refractivity contribution in [1.82, 2.24) is 15.0 Å². The normalized spacial score (nSPS) is 10.9. The number of halogens is 1. The third-order valence-corrected chi connectivity index (χ3v) is 4.11. The number of hydrogen-bond acceptors (Lipinski definition) is 5. The Balaban J connectivity index is 1.80. The summed E-state index contributed by atoms with van der Waals surface area (Å²) in [7, 11) is 1.59. The van der Waals surface area contributed by atoms with Crippen molar-refractivity contribution < 1.29 is 18.4 Å². The van der Waals surface area contributed by atoms with Crippen LogP contribution in [0.4, 0.5) is 4.39 Å². The van der Waals surface area contributed by atoms with Crippen LogP contribution in [0.3, 0.4) is 0 Å². The van der Waals surface area contributed by atoms with Crippen LogP contribution in [0.2, 0.25) is 0 Å². The maximum Gasteiger partial charge on any atom is 0.257 e. The fraction of sp³-hybridized carbons (Fsp3) is 0.250. The zero-order valence-corrected chi connectivity index (χ0v) is 15.3. The Kier molecular flexibility index (Phi) is 5.49. The van der Waals surface area contributed by atoms with Gasteiger partial charge in [0.2, 0.25) is 11.7 Å². The third kappa shape index (κ3) is 4.13. The lowest BCUT2D eigenvalue weighted by Gasteiger charge is -2.25. The number of aromatic nitrogens is 2. The van der Waals surface area contributed by atoms with Crippen molar-refractivity contribution >= 4 is 5.91 Å². The Morgan fingerprint density at radius 2 is 1.89 bits per heavy atom. The molecule has 1 amide bonds. The third-order valence-electron chi connectivity index (χ3n) is 4.11. The fourth-order valence-electron chi connectivity index (χ4n) is 2.60. The molecule has 0 unspecified atom stereocenters. The number of ether oxygens (including phenoxy) is 1. The number of methoxy groups -OCH3 is 1. The Hall–Kier alpha value is -3.22. The van der Waals surface area contributed by atoms with Crippen LogP contribution in [0.5, 0.6) is 5.75 Å². The zero-order chi connectivity index (χ0) is 19.4. The Morgan fingerprint density at radius 1 is 1.19 bits per heavy atom. The van der Waals surface area contributed by atoms with E-state index in [0.29, 0.717) is 5.82 Å². The molecule has 0 saturated carbocycles. The van der Waals surface area contributed by atoms with Gasteiger partial charge < -0.3 is 14.2 Å². The van der Waals surface area contributed by atoms with Gasteiger partial charge in [-0.1, -0.05) is 17.3 Å². The van der Waals surface area contributed by atoms with Crippen molar-refractivity contribution in [3.8, 4) is 17.1 Å². The Bertz CT molecular complexity index is 922. The minimum Gasteiger partial charge on any atom is -0.497 e. The molecule has 0 aliphatic carbocycles. The number of rotatable bonds is 6. The molecule has 1 heterocycles. The van der Waals surface area contributed by atoms with Crippen LogP contribution < -0.4 is 4.74 Å². The van der Waals surface area contributed by atoms with Crippen molar-refractivity contribution in [1.29, 1.82) is 0 Å². The van der Waals surface area contributed by atoms with Crippen LogP contribution >= 0.6 is 0 Å². The molecule has 7 heteroatoms. The SMILES string of the molecule is COc1ccc(-c2noc(CN(C(=O)c3ccccc3F)C(C)C)n2)cc1. The maximum atomic E-state index is 14.0. The summed E-state index contributed by atoms with van der Waals surface area (Å²) in [6.45, 7) is 3.78. The lowest BCUT2D eigenvalue weighted by Crippen LogP contribution is -2.37. The molecule has 2 aromatic carbocycles. The summed E-state index contributed by atoms with van der Waals surface area (Å²) in [6.07, 6.45) is 0. The number of hydrogen-bond donors (Lipinski definition) is 0. The molecule has 0 aliphatic rings. The van der Waals surface area contributed by atoms with Gasteiger partial charge in [0.1, 0.15) is 18.1 Å². The standard InChI is InChI=1S/C20H20FN3O3/c1-13(2)24(20(25)16-6-4-5-7-17(16)21)12-18-22-19(23-27-18)14-8-10-15(26-3)11-9-14/h4-11,13H,12H2,1-3H3. The van der Waals surface area contributed by atoms with E-state index < -0.39 is 11.7 Å². The van der Waals surface area contributed by atoms with Gasteiger partial charge in [0.25, 0.3) is 5.91 Å². The fourth-order valence-corrected chi connectivity index (χ4v) is 2.60. The van der Waals surface area contributed by atoms with Crippen LogP contribution in [0, 0.1) is 5.82 Å². The van der Waals surface area contributed by atoms with Crippen LogP contribution in [0.25, 0.3) is 11.4 Å². The first-order valence-electron chi connectivity index (χ1n) is 8.52. The summed E-state index contributed by atoms with van der Waals surface area (Å²) < 4.78 is 24.4. The lowest BCUT2D eigenvalue weighted by atomic mass is 10.1. The van der Waals surface area contributed by atoms with Gasteiger partial charge in [-0.25, -0.2) is 4.39 Å². The van der Waals surface area contributed by atoms with E-state index in [-0.39, 0.29) is 24.0 Å². The molecule has 6 nitrogen and oxygen atoms in total. The monoisotopic (exact) mass is 369 g/mol. The van der Waals surface area contributed by atoms with Crippen molar-refractivity contribution in [3.63, 3.8) is 0 Å². The summed E-state index contributed by atoms with van der Waals surface area (Å²) in [5.41, 5.74) is 0.781. The molecule has 0 radical (unpaired) electrons. The molecule has 0 saturated heterocycles. The first-order chi connectivity index (χ1) is 13.0. The predicted molar refractivity (Wildman–Crippen MR) is 97.7 cm³/mol. The highest BCUT2D eigenvalue weighted by Crippen LogP contribution is 2.21. The maximum absolute atomic E-state index is 14.0. The highest BCUT2D eigenvalue weighted by Gasteiger charge is 2.24. The summed E-state index contributed by atoms with van der Waals surface area (Å²) in [5, 5.41) is 3.96. The van der Waals surface area contributed by atoms with Crippen LogP contribution in [0.1, 0.15) is 30.1 Å². The summed E-state index contributed by atoms with van der Waals surface area (Å²) in [6, 6.07) is 13.0. The second-order valence-electron chi connectivity index (χ2n) is 6.25. The number of carbonyl (C=O) groups is 1. The minimum absolute atomic E-state index is 0.0149. The van der Waals surface area contributed by atoms with E-state index in [1.54, 1.807) is 31.4 Å². The number of benzene rings is 2. The molecule has 3 aromatic rings. The largest absolute Gasteiger partial charge is 0.497 e. The average molecular weight is 369 g/mol. The number of carbonyl (C=O) groups excluding carboxylic acids is 1. The van der Waals surface area contributed by atoms with Gasteiger partial charge in [-0.15, -0.1) is 0 Å². The summed E-state index contributed by atoms with van der Waals surface area (Å²) in [5.74, 6) is 0.433. The van der Waals surface area contributed by atoms with Crippen LogP contribution in [-0.4, -0.2) is 34.1 Å². The molecule has 0 N–H and O–H groups in total. The summed E-state index contributed by atoms with van der Waals surface area (Å²) >= 11 is 0. The van der Waals surface area contributed by atoms with Crippen molar-refractivity contribution in [2.75, 3.05) is 7.11 Å². The quantitative estimate of drug-likeness (QED) is 0.658. The van der Waals surface area contributed by atoms with E-state index >= 15 is 0 Å². The topological polar surface area (TPSA) is 68.5 Å². The molecular weight excluding hydrogens is 349 g/mol. The molecule has 0 fully saturated rings. The average Bonchev–Trinajstić information content (AvgIpc) is 3.14. The van der Waals surface area contributed by atoms with Gasteiger partial charge in [0, 0.05) is 11.6 Å². The highest BCUT2D eigenvalue weighted by atomic mass is 19.1. The van der Waals surface area contributed by atoms with Gasteiger partial charge >= 0.3 is 0 Å². The van der Waals surface area contributed by atoms with E-state index in [0.717, 1.165) is 11.3 Å². The minimum atomic E-state index is -0.558. The van der Waals surface area contributed by atoms with E-state index in [4.69, 9.17) is 9.26 Å². The second kappa shape index (κ2) is 7.99. The molecule has 0 spiro atoms. The van der Waals surface area contributed by atoms with Gasteiger partial charge in [-0.2, -0.15) is 4.98 Å². The molecule has 3 rings (SSSR count). The van der Waals surface area contributed by atoms with Crippen molar-refractivity contribution in [3.05, 3.63) is 65.8 Å². The first-order valence-corrected chi connectivity index (χ1v) is 8.52. The lowest BCUT2D eigenvalue weighted by molar-refractivity contribution is 0.0662. The molecule has 0 bridgehead atoms. The van der Waals surface area contributed by atoms with Gasteiger partial charge in [0.05, 0.1) is 12.7 Å². The second-order valence-corrected chi connectivity index (χ2v) is 6.25. The predicted octanol–water partition coefficient (Wildman–Crippen LogP) is 3.94. The van der Waals surface area contributed by atoms with Gasteiger partial charge in [0.15, 0.2) is 0 Å².